The Bertz CT molecular complexity index is 1700. The number of piperidine rings is 3. The number of carbonyl (C=O) groups excluding carboxylic acids is 3. The van der Waals surface area contributed by atoms with Crippen molar-refractivity contribution in [2.45, 2.75) is 50.9 Å². The highest BCUT2D eigenvalue weighted by Crippen LogP contribution is 2.31. The number of aromatic nitrogens is 3. The summed E-state index contributed by atoms with van der Waals surface area (Å²) in [4.78, 5) is 49.4. The number of rotatable bonds is 9. The molecule has 4 fully saturated rings. The quantitative estimate of drug-likeness (QED) is 0.285. The number of benzene rings is 2. The summed E-state index contributed by atoms with van der Waals surface area (Å²) in [6.45, 7) is 8.09. The lowest BCUT2D eigenvalue weighted by Crippen LogP contribution is -2.49. The zero-order chi connectivity index (χ0) is 34.6. The fraction of sp³-hybridized carbons (Fsp3) is 0.500. The van der Waals surface area contributed by atoms with Gasteiger partial charge in [-0.05, 0) is 80.3 Å². The Hall–Kier alpha value is -4.85. The summed E-state index contributed by atoms with van der Waals surface area (Å²) in [5.41, 5.74) is 8.59. The van der Waals surface area contributed by atoms with E-state index < -0.39 is 5.91 Å². The highest BCUT2D eigenvalue weighted by molar-refractivity contribution is 6.01. The Morgan fingerprint density at radius 2 is 1.60 bits per heavy atom. The van der Waals surface area contributed by atoms with Crippen LogP contribution in [0.4, 0.5) is 33.2 Å². The van der Waals surface area contributed by atoms with E-state index in [4.69, 9.17) is 5.73 Å². The first-order valence-electron chi connectivity index (χ1n) is 17.8. The zero-order valence-electron chi connectivity index (χ0n) is 28.3. The van der Waals surface area contributed by atoms with Crippen LogP contribution in [0.25, 0.3) is 0 Å². The number of halogens is 1. The molecule has 1 atom stereocenters. The van der Waals surface area contributed by atoms with E-state index in [-0.39, 0.29) is 35.1 Å². The van der Waals surface area contributed by atoms with Crippen LogP contribution in [0.2, 0.25) is 0 Å². The average Bonchev–Trinajstić information content (AvgIpc) is 3.13. The van der Waals surface area contributed by atoms with Crippen LogP contribution >= 0.6 is 0 Å². The van der Waals surface area contributed by atoms with Gasteiger partial charge in [0, 0.05) is 76.7 Å². The van der Waals surface area contributed by atoms with Crippen LogP contribution in [0.3, 0.4) is 0 Å². The Morgan fingerprint density at radius 1 is 0.860 bits per heavy atom. The van der Waals surface area contributed by atoms with E-state index in [1.165, 1.54) is 6.07 Å². The lowest BCUT2D eigenvalue weighted by atomic mass is 9.90. The van der Waals surface area contributed by atoms with Crippen molar-refractivity contribution in [3.8, 4) is 0 Å². The molecule has 3 amide bonds. The Balaban J connectivity index is 0.888. The molecule has 4 aliphatic rings. The van der Waals surface area contributed by atoms with Gasteiger partial charge in [0.2, 0.25) is 17.8 Å². The number of nitrogens with zero attached hydrogens (tertiary/aromatic N) is 7. The molecule has 4 aliphatic heterocycles. The lowest BCUT2D eigenvalue weighted by Gasteiger charge is -2.40. The monoisotopic (exact) mass is 684 g/mol. The Labute approximate surface area is 291 Å². The SMILES string of the molecule is NC(=O)c1nnc(N2CCCCC2)nc1Nc1ccc(N2CCC(CN3CCN(c4ccc(C5CCC(=O)NC5=O)cc4)CC3)CC2)c(F)c1. The predicted molar refractivity (Wildman–Crippen MR) is 189 cm³/mol. The molecule has 5 heterocycles. The van der Waals surface area contributed by atoms with Crippen molar-refractivity contribution in [3.05, 3.63) is 59.5 Å². The smallest absolute Gasteiger partial charge is 0.273 e. The van der Waals surface area contributed by atoms with Crippen LogP contribution in [0.15, 0.2) is 42.5 Å². The largest absolute Gasteiger partial charge is 0.369 e. The van der Waals surface area contributed by atoms with E-state index in [0.29, 0.717) is 36.1 Å². The number of primary amides is 1. The van der Waals surface area contributed by atoms with E-state index in [1.54, 1.807) is 12.1 Å². The predicted octanol–water partition coefficient (Wildman–Crippen LogP) is 3.40. The second kappa shape index (κ2) is 15.0. The van der Waals surface area contributed by atoms with Crippen molar-refractivity contribution in [1.29, 1.82) is 0 Å². The van der Waals surface area contributed by atoms with Crippen LogP contribution in [0, 0.1) is 11.7 Å². The average molecular weight is 685 g/mol. The first-order valence-corrected chi connectivity index (χ1v) is 17.8. The number of piperazine rings is 1. The third-order valence-electron chi connectivity index (χ3n) is 10.5. The molecule has 1 aromatic heterocycles. The molecule has 50 heavy (non-hydrogen) atoms. The van der Waals surface area contributed by atoms with Gasteiger partial charge >= 0.3 is 0 Å². The summed E-state index contributed by atoms with van der Waals surface area (Å²) in [6.07, 6.45) is 6.17. The third kappa shape index (κ3) is 7.64. The molecule has 2 aromatic carbocycles. The van der Waals surface area contributed by atoms with E-state index in [1.807, 2.05) is 17.0 Å². The highest BCUT2D eigenvalue weighted by Gasteiger charge is 2.29. The molecule has 264 valence electrons. The van der Waals surface area contributed by atoms with Crippen LogP contribution in [-0.2, 0) is 9.59 Å². The maximum absolute atomic E-state index is 15.5. The molecular formula is C36H45FN10O3. The molecule has 0 bridgehead atoms. The number of hydrogen-bond acceptors (Lipinski definition) is 11. The first kappa shape index (κ1) is 33.6. The van der Waals surface area contributed by atoms with Gasteiger partial charge in [0.15, 0.2) is 11.5 Å². The summed E-state index contributed by atoms with van der Waals surface area (Å²) >= 11 is 0. The van der Waals surface area contributed by atoms with Gasteiger partial charge in [-0.15, -0.1) is 10.2 Å². The van der Waals surface area contributed by atoms with Gasteiger partial charge in [-0.3, -0.25) is 24.6 Å². The lowest BCUT2D eigenvalue weighted by molar-refractivity contribution is -0.134. The fourth-order valence-electron chi connectivity index (χ4n) is 7.62. The minimum absolute atomic E-state index is 0.0839. The zero-order valence-corrected chi connectivity index (χ0v) is 28.3. The normalized spacial score (nSPS) is 20.9. The van der Waals surface area contributed by atoms with Gasteiger partial charge in [0.05, 0.1) is 11.6 Å². The van der Waals surface area contributed by atoms with Crippen molar-refractivity contribution in [1.82, 2.24) is 25.4 Å². The second-order valence-corrected chi connectivity index (χ2v) is 13.8. The summed E-state index contributed by atoms with van der Waals surface area (Å²) in [6, 6.07) is 13.2. The highest BCUT2D eigenvalue weighted by atomic mass is 19.1. The minimum atomic E-state index is -0.752. The molecule has 0 aliphatic carbocycles. The van der Waals surface area contributed by atoms with Crippen LogP contribution < -0.4 is 31.1 Å². The third-order valence-corrected chi connectivity index (χ3v) is 10.5. The maximum atomic E-state index is 15.5. The van der Waals surface area contributed by atoms with E-state index in [0.717, 1.165) is 102 Å². The topological polar surface area (TPSA) is 153 Å². The molecule has 7 rings (SSSR count). The summed E-state index contributed by atoms with van der Waals surface area (Å²) in [5.74, 6) is -0.595. The van der Waals surface area contributed by atoms with Crippen molar-refractivity contribution in [2.75, 3.05) is 78.9 Å². The summed E-state index contributed by atoms with van der Waals surface area (Å²) in [7, 11) is 0. The van der Waals surface area contributed by atoms with Gasteiger partial charge in [0.25, 0.3) is 5.91 Å². The van der Waals surface area contributed by atoms with Gasteiger partial charge in [-0.25, -0.2) is 4.39 Å². The van der Waals surface area contributed by atoms with Gasteiger partial charge in [0.1, 0.15) is 5.82 Å². The molecule has 0 spiro atoms. The van der Waals surface area contributed by atoms with Crippen LogP contribution in [0.5, 0.6) is 0 Å². The Morgan fingerprint density at radius 3 is 2.28 bits per heavy atom. The number of nitrogens with two attached hydrogens (primary N) is 1. The number of anilines is 5. The Kier molecular flexibility index (Phi) is 10.1. The molecule has 14 heteroatoms. The van der Waals surface area contributed by atoms with Gasteiger partial charge < -0.3 is 25.8 Å². The summed E-state index contributed by atoms with van der Waals surface area (Å²) in [5, 5.41) is 13.7. The number of imide groups is 1. The second-order valence-electron chi connectivity index (χ2n) is 13.8. The van der Waals surface area contributed by atoms with E-state index in [9.17, 15) is 14.4 Å². The summed E-state index contributed by atoms with van der Waals surface area (Å²) < 4.78 is 15.5. The van der Waals surface area contributed by atoms with Gasteiger partial charge in [-0.1, -0.05) is 12.1 Å². The van der Waals surface area contributed by atoms with E-state index in [2.05, 4.69) is 52.6 Å². The molecule has 13 nitrogen and oxygen atoms in total. The minimum Gasteiger partial charge on any atom is -0.369 e. The molecule has 0 radical (unpaired) electrons. The number of nitrogens with one attached hydrogen (secondary N) is 2. The molecule has 4 saturated heterocycles. The van der Waals surface area contributed by atoms with Crippen LogP contribution in [0.1, 0.15) is 66.9 Å². The fourth-order valence-corrected chi connectivity index (χ4v) is 7.62. The first-order chi connectivity index (χ1) is 24.3. The molecular weight excluding hydrogens is 639 g/mol. The number of hydrogen-bond donors (Lipinski definition) is 3. The van der Waals surface area contributed by atoms with Crippen LogP contribution in [-0.4, -0.2) is 96.7 Å². The van der Waals surface area contributed by atoms with E-state index >= 15 is 4.39 Å². The van der Waals surface area contributed by atoms with Crippen molar-refractivity contribution >= 4 is 46.5 Å². The molecule has 3 aromatic rings. The van der Waals surface area contributed by atoms with Crippen molar-refractivity contribution in [3.63, 3.8) is 0 Å². The molecule has 4 N–H and O–H groups in total. The van der Waals surface area contributed by atoms with Gasteiger partial charge in [-0.2, -0.15) is 4.98 Å². The van der Waals surface area contributed by atoms with Crippen molar-refractivity contribution in [2.24, 2.45) is 11.7 Å². The van der Waals surface area contributed by atoms with Crippen molar-refractivity contribution < 1.29 is 18.8 Å². The standard InChI is InChI=1S/C36H45FN10O3/c37-29-22-26(39-34-32(33(38)49)42-43-36(41-34)47-14-2-1-3-15-47)6-10-30(29)46-16-12-24(13-17-46)23-44-18-20-45(21-19-44)27-7-4-25(5-8-27)28-9-11-31(48)40-35(28)50/h4-8,10,22,24,28H,1-3,9,11-21,23H2,(H2,38,49)(H,39,41,43)(H,40,48,50). The molecule has 0 saturated carbocycles. The maximum Gasteiger partial charge on any atom is 0.273 e. The number of amides is 3. The number of carbonyl (C=O) groups is 3. The molecule has 1 unspecified atom stereocenters.